The van der Waals surface area contributed by atoms with Gasteiger partial charge in [0.1, 0.15) is 11.5 Å². The van der Waals surface area contributed by atoms with Crippen LogP contribution < -0.4 is 9.47 Å². The zero-order valence-electron chi connectivity index (χ0n) is 9.48. The minimum atomic E-state index is -0.943. The predicted molar refractivity (Wildman–Crippen MR) is 60.8 cm³/mol. The SMILES string of the molecule is COc1cc(C=C(C)C(=O)O)cc(OC)c1. The summed E-state index contributed by atoms with van der Waals surface area (Å²) in [5.41, 5.74) is 0.992. The van der Waals surface area contributed by atoms with E-state index < -0.39 is 5.97 Å². The molecule has 0 aromatic heterocycles. The largest absolute Gasteiger partial charge is 0.497 e. The first-order valence-corrected chi connectivity index (χ1v) is 4.71. The smallest absolute Gasteiger partial charge is 0.331 e. The normalized spacial score (nSPS) is 11.1. The van der Waals surface area contributed by atoms with Gasteiger partial charge in [-0.3, -0.25) is 0 Å². The number of aliphatic carboxylic acids is 1. The molecule has 0 saturated carbocycles. The molecule has 0 aliphatic carbocycles. The Hall–Kier alpha value is -1.97. The lowest BCUT2D eigenvalue weighted by atomic mass is 10.1. The van der Waals surface area contributed by atoms with Crippen molar-refractivity contribution in [2.24, 2.45) is 0 Å². The lowest BCUT2D eigenvalue weighted by Crippen LogP contribution is -1.96. The molecule has 0 heterocycles. The molecular weight excluding hydrogens is 208 g/mol. The number of rotatable bonds is 4. The fourth-order valence-corrected chi connectivity index (χ4v) is 1.22. The van der Waals surface area contributed by atoms with Crippen molar-refractivity contribution in [3.05, 3.63) is 29.3 Å². The monoisotopic (exact) mass is 222 g/mol. The summed E-state index contributed by atoms with van der Waals surface area (Å²) in [6.45, 7) is 1.54. The molecule has 0 spiro atoms. The van der Waals surface area contributed by atoms with Gasteiger partial charge in [0.2, 0.25) is 0 Å². The van der Waals surface area contributed by atoms with Crippen molar-refractivity contribution >= 4 is 12.0 Å². The van der Waals surface area contributed by atoms with Crippen LogP contribution in [-0.2, 0) is 4.79 Å². The van der Waals surface area contributed by atoms with E-state index in [1.165, 1.54) is 6.92 Å². The fourth-order valence-electron chi connectivity index (χ4n) is 1.22. The zero-order valence-corrected chi connectivity index (χ0v) is 9.48. The van der Waals surface area contributed by atoms with Gasteiger partial charge >= 0.3 is 5.97 Å². The maximum absolute atomic E-state index is 10.7. The van der Waals surface area contributed by atoms with Gasteiger partial charge in [0.05, 0.1) is 14.2 Å². The highest BCUT2D eigenvalue weighted by atomic mass is 16.5. The van der Waals surface area contributed by atoms with Gasteiger partial charge in [0.15, 0.2) is 0 Å². The quantitative estimate of drug-likeness (QED) is 0.793. The third-order valence-corrected chi connectivity index (χ3v) is 2.09. The van der Waals surface area contributed by atoms with E-state index >= 15 is 0 Å². The molecule has 0 aliphatic heterocycles. The highest BCUT2D eigenvalue weighted by Crippen LogP contribution is 2.23. The van der Waals surface area contributed by atoms with Gasteiger partial charge in [-0.15, -0.1) is 0 Å². The molecule has 0 aliphatic rings. The van der Waals surface area contributed by atoms with E-state index in [9.17, 15) is 4.79 Å². The number of benzene rings is 1. The minimum absolute atomic E-state index is 0.260. The summed E-state index contributed by atoms with van der Waals surface area (Å²) in [5.74, 6) is 0.314. The summed E-state index contributed by atoms with van der Waals surface area (Å²) in [6, 6.07) is 5.22. The van der Waals surface area contributed by atoms with Crippen LogP contribution in [0.4, 0.5) is 0 Å². The average molecular weight is 222 g/mol. The molecule has 1 aromatic rings. The van der Waals surface area contributed by atoms with E-state index in [0.29, 0.717) is 11.5 Å². The Labute approximate surface area is 94.1 Å². The molecule has 86 valence electrons. The van der Waals surface area contributed by atoms with Crippen LogP contribution in [0.15, 0.2) is 23.8 Å². The second-order valence-corrected chi connectivity index (χ2v) is 3.28. The molecule has 0 unspecified atom stereocenters. The van der Waals surface area contributed by atoms with Crippen molar-refractivity contribution in [1.29, 1.82) is 0 Å². The molecular formula is C12H14O4. The predicted octanol–water partition coefficient (Wildman–Crippen LogP) is 2.19. The molecule has 0 atom stereocenters. The lowest BCUT2D eigenvalue weighted by Gasteiger charge is -2.06. The van der Waals surface area contributed by atoms with Crippen molar-refractivity contribution in [2.75, 3.05) is 14.2 Å². The zero-order chi connectivity index (χ0) is 12.1. The van der Waals surface area contributed by atoms with Crippen molar-refractivity contribution in [1.82, 2.24) is 0 Å². The molecule has 4 nitrogen and oxygen atoms in total. The highest BCUT2D eigenvalue weighted by molar-refractivity contribution is 5.91. The Kier molecular flexibility index (Phi) is 3.94. The van der Waals surface area contributed by atoms with Gasteiger partial charge in [0.25, 0.3) is 0 Å². The van der Waals surface area contributed by atoms with Crippen LogP contribution >= 0.6 is 0 Å². The van der Waals surface area contributed by atoms with Crippen LogP contribution in [0, 0.1) is 0 Å². The first kappa shape index (κ1) is 12.1. The molecule has 16 heavy (non-hydrogen) atoms. The summed E-state index contributed by atoms with van der Waals surface area (Å²) in [7, 11) is 3.10. The number of carboxylic acid groups (broad SMARTS) is 1. The summed E-state index contributed by atoms with van der Waals surface area (Å²) in [6.07, 6.45) is 1.56. The van der Waals surface area contributed by atoms with Gasteiger partial charge < -0.3 is 14.6 Å². The fraction of sp³-hybridized carbons (Fsp3) is 0.250. The number of hydrogen-bond donors (Lipinski definition) is 1. The third kappa shape index (κ3) is 3.02. The summed E-state index contributed by atoms with van der Waals surface area (Å²) >= 11 is 0. The highest BCUT2D eigenvalue weighted by Gasteiger charge is 2.03. The third-order valence-electron chi connectivity index (χ3n) is 2.09. The van der Waals surface area contributed by atoms with Crippen LogP contribution in [0.3, 0.4) is 0 Å². The van der Waals surface area contributed by atoms with Gasteiger partial charge in [-0.05, 0) is 30.7 Å². The maximum atomic E-state index is 10.7. The molecule has 0 radical (unpaired) electrons. The molecule has 1 N–H and O–H groups in total. The topological polar surface area (TPSA) is 55.8 Å². The average Bonchev–Trinajstić information content (AvgIpc) is 2.28. The Morgan fingerprint density at radius 1 is 1.19 bits per heavy atom. The van der Waals surface area contributed by atoms with Crippen LogP contribution in [0.25, 0.3) is 6.08 Å². The van der Waals surface area contributed by atoms with Crippen LogP contribution in [-0.4, -0.2) is 25.3 Å². The second-order valence-electron chi connectivity index (χ2n) is 3.28. The molecule has 0 fully saturated rings. The Morgan fingerprint density at radius 3 is 2.06 bits per heavy atom. The van der Waals surface area contributed by atoms with Gasteiger partial charge in [-0.1, -0.05) is 0 Å². The van der Waals surface area contributed by atoms with E-state index in [0.717, 1.165) is 5.56 Å². The Bertz CT molecular complexity index is 399. The van der Waals surface area contributed by atoms with Gasteiger partial charge in [-0.2, -0.15) is 0 Å². The molecule has 0 saturated heterocycles. The van der Waals surface area contributed by atoms with Crippen molar-refractivity contribution < 1.29 is 19.4 Å². The van der Waals surface area contributed by atoms with Gasteiger partial charge in [-0.25, -0.2) is 4.79 Å². The number of methoxy groups -OCH3 is 2. The number of carbonyl (C=O) groups is 1. The number of hydrogen-bond acceptors (Lipinski definition) is 3. The summed E-state index contributed by atoms with van der Waals surface area (Å²) in [5, 5.41) is 8.77. The van der Waals surface area contributed by atoms with Crippen LogP contribution in [0.5, 0.6) is 11.5 Å². The van der Waals surface area contributed by atoms with E-state index in [1.807, 2.05) is 0 Å². The second kappa shape index (κ2) is 5.21. The van der Waals surface area contributed by atoms with Crippen molar-refractivity contribution in [3.63, 3.8) is 0 Å². The minimum Gasteiger partial charge on any atom is -0.497 e. The molecule has 1 rings (SSSR count). The summed E-state index contributed by atoms with van der Waals surface area (Å²) in [4.78, 5) is 10.7. The molecule has 0 bridgehead atoms. The standard InChI is InChI=1S/C12H14O4/c1-8(12(13)14)4-9-5-10(15-2)7-11(6-9)16-3/h4-7H,1-3H3,(H,13,14). The van der Waals surface area contributed by atoms with Crippen LogP contribution in [0.1, 0.15) is 12.5 Å². The van der Waals surface area contributed by atoms with E-state index in [1.54, 1.807) is 38.5 Å². The van der Waals surface area contributed by atoms with Crippen molar-refractivity contribution in [3.8, 4) is 11.5 Å². The van der Waals surface area contributed by atoms with E-state index in [-0.39, 0.29) is 5.57 Å². The lowest BCUT2D eigenvalue weighted by molar-refractivity contribution is -0.132. The van der Waals surface area contributed by atoms with Crippen LogP contribution in [0.2, 0.25) is 0 Å². The number of carboxylic acids is 1. The Balaban J connectivity index is 3.13. The first-order chi connectivity index (χ1) is 7.56. The van der Waals surface area contributed by atoms with Crippen molar-refractivity contribution in [2.45, 2.75) is 6.92 Å². The molecule has 4 heteroatoms. The van der Waals surface area contributed by atoms with E-state index in [4.69, 9.17) is 14.6 Å². The molecule has 1 aromatic carbocycles. The summed E-state index contributed by atoms with van der Waals surface area (Å²) < 4.78 is 10.2. The number of ether oxygens (including phenoxy) is 2. The van der Waals surface area contributed by atoms with E-state index in [2.05, 4.69) is 0 Å². The Morgan fingerprint density at radius 2 is 1.69 bits per heavy atom. The van der Waals surface area contributed by atoms with Gasteiger partial charge in [0, 0.05) is 11.6 Å². The molecule has 0 amide bonds. The maximum Gasteiger partial charge on any atom is 0.331 e. The first-order valence-electron chi connectivity index (χ1n) is 4.71.